The number of carbonyl (C=O) groups is 1. The second-order valence-electron chi connectivity index (χ2n) is 6.26. The van der Waals surface area contributed by atoms with Gasteiger partial charge < -0.3 is 14.8 Å². The van der Waals surface area contributed by atoms with Crippen LogP contribution in [0.15, 0.2) is 12.1 Å². The van der Waals surface area contributed by atoms with Gasteiger partial charge in [0.15, 0.2) is 17.5 Å². The lowest BCUT2D eigenvalue weighted by Gasteiger charge is -2.36. The van der Waals surface area contributed by atoms with Crippen molar-refractivity contribution in [2.75, 3.05) is 0 Å². The second-order valence-corrected chi connectivity index (χ2v) is 6.26. The van der Waals surface area contributed by atoms with E-state index in [0.717, 1.165) is 12.1 Å². The highest BCUT2D eigenvalue weighted by Crippen LogP contribution is 2.28. The predicted molar refractivity (Wildman–Crippen MR) is 73.1 cm³/mol. The second kappa shape index (κ2) is 6.06. The van der Waals surface area contributed by atoms with Gasteiger partial charge in [0, 0.05) is 31.0 Å². The van der Waals surface area contributed by atoms with Gasteiger partial charge in [0.1, 0.15) is 17.5 Å². The third kappa shape index (κ3) is 4.29. The zero-order valence-electron chi connectivity index (χ0n) is 12.6. The van der Waals surface area contributed by atoms with Crippen LogP contribution in [0, 0.1) is 17.5 Å². The van der Waals surface area contributed by atoms with Gasteiger partial charge in [0.05, 0.1) is 0 Å². The first-order valence-electron chi connectivity index (χ1n) is 6.95. The maximum atomic E-state index is 13.1. The minimum Gasteiger partial charge on any atom is -0.490 e. The highest BCUT2D eigenvalue weighted by atomic mass is 19.2. The van der Waals surface area contributed by atoms with Crippen LogP contribution in [0.25, 0.3) is 0 Å². The molecule has 0 unspecified atom stereocenters. The number of carbonyl (C=O) groups excluding carboxylic acids is 1. The summed E-state index contributed by atoms with van der Waals surface area (Å²) in [4.78, 5) is 11.5. The molecule has 0 atom stereocenters. The average molecular weight is 317 g/mol. The minimum absolute atomic E-state index is 0.0721. The van der Waals surface area contributed by atoms with Crippen LogP contribution in [0.2, 0.25) is 0 Å². The molecule has 0 saturated heterocycles. The van der Waals surface area contributed by atoms with E-state index < -0.39 is 29.1 Å². The summed E-state index contributed by atoms with van der Waals surface area (Å²) < 4.78 is 49.4. The Hall–Kier alpha value is -1.92. The van der Waals surface area contributed by atoms with E-state index in [1.807, 2.05) is 0 Å². The standard InChI is InChI=1S/C15H18F3NO3/c1-15(2,3)22-14(20)19-8-4-9(5-8)21-10-6-11(16)13(18)12(17)7-10/h6-9H,4-5H2,1-3H3,(H,19,20). The fraction of sp³-hybridized carbons (Fsp3) is 0.533. The molecule has 2 rings (SSSR count). The number of benzene rings is 1. The van der Waals surface area contributed by atoms with Crippen molar-refractivity contribution < 1.29 is 27.4 Å². The number of rotatable bonds is 3. The van der Waals surface area contributed by atoms with Crippen molar-refractivity contribution in [3.63, 3.8) is 0 Å². The van der Waals surface area contributed by atoms with Crippen LogP contribution in [0.5, 0.6) is 5.75 Å². The van der Waals surface area contributed by atoms with Crippen LogP contribution in [0.1, 0.15) is 33.6 Å². The van der Waals surface area contributed by atoms with Gasteiger partial charge in [-0.05, 0) is 20.8 Å². The molecule has 7 heteroatoms. The van der Waals surface area contributed by atoms with Crippen LogP contribution >= 0.6 is 0 Å². The molecule has 0 heterocycles. The Bertz CT molecular complexity index is 543. The molecule has 0 aliphatic heterocycles. The largest absolute Gasteiger partial charge is 0.490 e. The molecule has 1 aliphatic carbocycles. The van der Waals surface area contributed by atoms with Crippen LogP contribution < -0.4 is 10.1 Å². The van der Waals surface area contributed by atoms with Gasteiger partial charge >= 0.3 is 6.09 Å². The summed E-state index contributed by atoms with van der Waals surface area (Å²) in [6.07, 6.45) is 0.165. The molecule has 0 radical (unpaired) electrons. The molecule has 1 saturated carbocycles. The van der Waals surface area contributed by atoms with Crippen molar-refractivity contribution in [3.8, 4) is 5.75 Å². The summed E-state index contributed by atoms with van der Waals surface area (Å²) in [5, 5.41) is 2.67. The Morgan fingerprint density at radius 2 is 1.73 bits per heavy atom. The molecule has 1 aromatic rings. The van der Waals surface area contributed by atoms with Crippen molar-refractivity contribution in [3.05, 3.63) is 29.6 Å². The molecule has 1 N–H and O–H groups in total. The lowest BCUT2D eigenvalue weighted by Crippen LogP contribution is -2.50. The molecule has 0 spiro atoms. The molecule has 122 valence electrons. The van der Waals surface area contributed by atoms with E-state index in [1.54, 1.807) is 20.8 Å². The van der Waals surface area contributed by atoms with E-state index in [9.17, 15) is 18.0 Å². The summed E-state index contributed by atoms with van der Waals surface area (Å²) in [5.74, 6) is -4.18. The van der Waals surface area contributed by atoms with E-state index in [1.165, 1.54) is 0 Å². The van der Waals surface area contributed by atoms with Gasteiger partial charge in [0.25, 0.3) is 0 Å². The molecule has 1 aliphatic rings. The molecule has 1 amide bonds. The number of ether oxygens (including phenoxy) is 2. The lowest BCUT2D eigenvalue weighted by molar-refractivity contribution is 0.0361. The first-order chi connectivity index (χ1) is 10.1. The zero-order valence-corrected chi connectivity index (χ0v) is 12.6. The van der Waals surface area contributed by atoms with E-state index in [2.05, 4.69) is 5.32 Å². The van der Waals surface area contributed by atoms with Crippen LogP contribution in [0.4, 0.5) is 18.0 Å². The van der Waals surface area contributed by atoms with Gasteiger partial charge in [0.2, 0.25) is 0 Å². The molecule has 1 fully saturated rings. The van der Waals surface area contributed by atoms with Crippen LogP contribution in [0.3, 0.4) is 0 Å². The van der Waals surface area contributed by atoms with E-state index >= 15 is 0 Å². The molecule has 0 aromatic heterocycles. The fourth-order valence-corrected chi connectivity index (χ4v) is 2.05. The Morgan fingerprint density at radius 3 is 2.23 bits per heavy atom. The van der Waals surface area contributed by atoms with Crippen molar-refractivity contribution in [2.24, 2.45) is 0 Å². The zero-order chi connectivity index (χ0) is 16.5. The van der Waals surface area contributed by atoms with Crippen molar-refractivity contribution >= 4 is 6.09 Å². The Labute approximate surface area is 126 Å². The van der Waals surface area contributed by atoms with E-state index in [-0.39, 0.29) is 17.9 Å². The number of nitrogens with one attached hydrogen (secondary N) is 1. The van der Waals surface area contributed by atoms with Crippen LogP contribution in [-0.2, 0) is 4.74 Å². The topological polar surface area (TPSA) is 47.6 Å². The average Bonchev–Trinajstić information content (AvgIpc) is 2.30. The summed E-state index contributed by atoms with van der Waals surface area (Å²) in [6.45, 7) is 5.28. The Kier molecular flexibility index (Phi) is 4.53. The maximum Gasteiger partial charge on any atom is 0.407 e. The maximum absolute atomic E-state index is 13.1. The third-order valence-corrected chi connectivity index (χ3v) is 3.08. The number of hydrogen-bond acceptors (Lipinski definition) is 3. The van der Waals surface area contributed by atoms with E-state index in [4.69, 9.17) is 9.47 Å². The lowest BCUT2D eigenvalue weighted by atomic mass is 9.89. The monoisotopic (exact) mass is 317 g/mol. The predicted octanol–water partition coefficient (Wildman–Crippen LogP) is 3.54. The third-order valence-electron chi connectivity index (χ3n) is 3.08. The summed E-state index contributed by atoms with van der Waals surface area (Å²) >= 11 is 0. The van der Waals surface area contributed by atoms with Gasteiger partial charge in [-0.2, -0.15) is 0 Å². The van der Waals surface area contributed by atoms with Gasteiger partial charge in [-0.25, -0.2) is 18.0 Å². The highest BCUT2D eigenvalue weighted by Gasteiger charge is 2.33. The van der Waals surface area contributed by atoms with Crippen LogP contribution in [-0.4, -0.2) is 23.8 Å². The van der Waals surface area contributed by atoms with Crippen molar-refractivity contribution in [2.45, 2.75) is 51.4 Å². The molecule has 1 aromatic carbocycles. The quantitative estimate of drug-likeness (QED) is 0.868. The SMILES string of the molecule is CC(C)(C)OC(=O)NC1CC(Oc2cc(F)c(F)c(F)c2)C1. The number of alkyl carbamates (subject to hydrolysis) is 1. The first-order valence-corrected chi connectivity index (χ1v) is 6.95. The normalized spacial score (nSPS) is 21.0. The Balaban J connectivity index is 1.79. The fourth-order valence-electron chi connectivity index (χ4n) is 2.05. The number of hydrogen-bond donors (Lipinski definition) is 1. The molecular weight excluding hydrogens is 299 g/mol. The highest BCUT2D eigenvalue weighted by molar-refractivity contribution is 5.68. The summed E-state index contributed by atoms with van der Waals surface area (Å²) in [6, 6.07) is 1.48. The molecule has 4 nitrogen and oxygen atoms in total. The van der Waals surface area contributed by atoms with E-state index in [0.29, 0.717) is 12.8 Å². The first kappa shape index (κ1) is 16.5. The number of amides is 1. The number of halogens is 3. The van der Waals surface area contributed by atoms with Crippen molar-refractivity contribution in [1.82, 2.24) is 5.32 Å². The molecule has 22 heavy (non-hydrogen) atoms. The Morgan fingerprint density at radius 1 is 1.18 bits per heavy atom. The van der Waals surface area contributed by atoms with Gasteiger partial charge in [-0.3, -0.25) is 0 Å². The van der Waals surface area contributed by atoms with Gasteiger partial charge in [-0.1, -0.05) is 0 Å². The smallest absolute Gasteiger partial charge is 0.407 e. The molecule has 0 bridgehead atoms. The van der Waals surface area contributed by atoms with Gasteiger partial charge in [-0.15, -0.1) is 0 Å². The van der Waals surface area contributed by atoms with Crippen molar-refractivity contribution in [1.29, 1.82) is 0 Å². The minimum atomic E-state index is -1.52. The molecular formula is C15H18F3NO3. The summed E-state index contributed by atoms with van der Waals surface area (Å²) in [5.41, 5.74) is -0.576. The summed E-state index contributed by atoms with van der Waals surface area (Å²) in [7, 11) is 0.